The fourth-order valence-electron chi connectivity index (χ4n) is 2.63. The third-order valence-electron chi connectivity index (χ3n) is 3.79. The lowest BCUT2D eigenvalue weighted by Gasteiger charge is -2.29. The molecular weight excluding hydrogens is 228 g/mol. The van der Waals surface area contributed by atoms with E-state index in [4.69, 9.17) is 5.11 Å². The molecule has 18 heavy (non-hydrogen) atoms. The Hall–Kier alpha value is -1.58. The van der Waals surface area contributed by atoms with E-state index in [0.717, 1.165) is 18.8 Å². The van der Waals surface area contributed by atoms with Crippen molar-refractivity contribution in [2.24, 2.45) is 5.92 Å². The topological polar surface area (TPSA) is 62.2 Å². The smallest absolute Gasteiger partial charge is 0.356 e. The van der Waals surface area contributed by atoms with Gasteiger partial charge in [0.1, 0.15) is 0 Å². The third kappa shape index (κ3) is 3.00. The summed E-state index contributed by atoms with van der Waals surface area (Å²) in [4.78, 5) is 15.0. The van der Waals surface area contributed by atoms with Gasteiger partial charge in [-0.1, -0.05) is 13.3 Å². The van der Waals surface area contributed by atoms with E-state index < -0.39 is 5.97 Å². The Bertz CT molecular complexity index is 412. The number of carboxylic acids is 1. The van der Waals surface area contributed by atoms with Gasteiger partial charge in [-0.05, 0) is 43.7 Å². The lowest BCUT2D eigenvalue weighted by atomic mass is 9.84. The summed E-state index contributed by atoms with van der Waals surface area (Å²) in [6.07, 6.45) is 7.47. The lowest BCUT2D eigenvalue weighted by Crippen LogP contribution is -2.27. The highest BCUT2D eigenvalue weighted by Crippen LogP contribution is 2.28. The molecular formula is C14H20N2O2. The highest BCUT2D eigenvalue weighted by molar-refractivity contribution is 5.91. The normalized spacial score (nSPS) is 23.6. The fraction of sp³-hybridized carbons (Fsp3) is 0.571. The number of nitrogens with zero attached hydrogens (tertiary/aromatic N) is 1. The van der Waals surface area contributed by atoms with Crippen LogP contribution in [0.3, 0.4) is 0 Å². The van der Waals surface area contributed by atoms with Gasteiger partial charge < -0.3 is 10.4 Å². The van der Waals surface area contributed by atoms with Crippen molar-refractivity contribution < 1.29 is 9.90 Å². The molecule has 0 aliphatic heterocycles. The highest BCUT2D eigenvalue weighted by Gasteiger charge is 2.21. The minimum Gasteiger partial charge on any atom is -0.476 e. The molecule has 1 saturated carbocycles. The summed E-state index contributed by atoms with van der Waals surface area (Å²) >= 11 is 0. The molecule has 2 N–H and O–H groups in total. The minimum absolute atomic E-state index is 0.120. The number of carboxylic acid groups (broad SMARTS) is 1. The van der Waals surface area contributed by atoms with Crippen LogP contribution in [0.15, 0.2) is 18.3 Å². The summed E-state index contributed by atoms with van der Waals surface area (Å²) < 4.78 is 0. The molecule has 4 nitrogen and oxygen atoms in total. The first kappa shape index (κ1) is 12.9. The second kappa shape index (κ2) is 5.85. The fourth-order valence-corrected chi connectivity index (χ4v) is 2.63. The first-order valence-electron chi connectivity index (χ1n) is 6.65. The standard InChI is InChI=1S/C14H20N2O2/c1-2-10-5-7-11(8-6-10)16-12-4-3-9-15-13(12)14(17)18/h3-4,9-11,16H,2,5-8H2,1H3,(H,17,18). The number of nitrogens with one attached hydrogen (secondary N) is 1. The van der Waals surface area contributed by atoms with E-state index in [1.54, 1.807) is 12.1 Å². The zero-order valence-corrected chi connectivity index (χ0v) is 10.7. The Labute approximate surface area is 107 Å². The molecule has 0 atom stereocenters. The van der Waals surface area contributed by atoms with Gasteiger partial charge in [0.15, 0.2) is 5.69 Å². The molecule has 0 amide bonds. The van der Waals surface area contributed by atoms with Crippen LogP contribution in [0, 0.1) is 5.92 Å². The van der Waals surface area contributed by atoms with Crippen LogP contribution in [0.1, 0.15) is 49.5 Å². The van der Waals surface area contributed by atoms with Crippen LogP contribution < -0.4 is 5.32 Å². The number of aromatic carboxylic acids is 1. The van der Waals surface area contributed by atoms with E-state index >= 15 is 0 Å². The SMILES string of the molecule is CCC1CCC(Nc2cccnc2C(=O)O)CC1. The summed E-state index contributed by atoms with van der Waals surface area (Å²) in [5.41, 5.74) is 0.764. The van der Waals surface area contributed by atoms with E-state index in [1.165, 1.54) is 25.5 Å². The van der Waals surface area contributed by atoms with Crippen LogP contribution in [-0.2, 0) is 0 Å². The van der Waals surface area contributed by atoms with Gasteiger partial charge in [-0.2, -0.15) is 0 Å². The summed E-state index contributed by atoms with van der Waals surface area (Å²) in [6.45, 7) is 2.24. The maximum atomic E-state index is 11.1. The highest BCUT2D eigenvalue weighted by atomic mass is 16.4. The first-order chi connectivity index (χ1) is 8.70. The molecule has 1 heterocycles. The van der Waals surface area contributed by atoms with Crippen molar-refractivity contribution in [3.63, 3.8) is 0 Å². The number of anilines is 1. The van der Waals surface area contributed by atoms with Crippen molar-refractivity contribution in [1.82, 2.24) is 4.98 Å². The summed E-state index contributed by atoms with van der Waals surface area (Å²) in [5, 5.41) is 12.4. The van der Waals surface area contributed by atoms with E-state index in [2.05, 4.69) is 17.2 Å². The van der Waals surface area contributed by atoms with Crippen molar-refractivity contribution >= 4 is 11.7 Å². The Morgan fingerprint density at radius 2 is 2.17 bits per heavy atom. The van der Waals surface area contributed by atoms with Gasteiger partial charge in [0, 0.05) is 12.2 Å². The summed E-state index contributed by atoms with van der Waals surface area (Å²) in [7, 11) is 0. The average molecular weight is 248 g/mol. The Morgan fingerprint density at radius 3 is 2.78 bits per heavy atom. The Kier molecular flexibility index (Phi) is 4.18. The van der Waals surface area contributed by atoms with Gasteiger partial charge in [0.2, 0.25) is 0 Å². The van der Waals surface area contributed by atoms with Crippen LogP contribution in [0.25, 0.3) is 0 Å². The van der Waals surface area contributed by atoms with Crippen molar-refractivity contribution in [3.8, 4) is 0 Å². The van der Waals surface area contributed by atoms with Gasteiger partial charge in [0.05, 0.1) is 5.69 Å². The quantitative estimate of drug-likeness (QED) is 0.859. The predicted octanol–water partition coefficient (Wildman–Crippen LogP) is 3.16. The number of carbonyl (C=O) groups is 1. The van der Waals surface area contributed by atoms with Crippen molar-refractivity contribution in [2.45, 2.75) is 45.1 Å². The molecule has 1 aliphatic rings. The molecule has 2 rings (SSSR count). The minimum atomic E-state index is -0.972. The second-order valence-corrected chi connectivity index (χ2v) is 4.97. The van der Waals surface area contributed by atoms with Gasteiger partial charge >= 0.3 is 5.97 Å². The maximum absolute atomic E-state index is 11.1. The van der Waals surface area contributed by atoms with Crippen LogP contribution in [-0.4, -0.2) is 22.1 Å². The molecule has 0 unspecified atom stereocenters. The van der Waals surface area contributed by atoms with E-state index in [1.807, 2.05) is 0 Å². The Morgan fingerprint density at radius 1 is 1.44 bits per heavy atom. The van der Waals surface area contributed by atoms with Crippen LogP contribution in [0.5, 0.6) is 0 Å². The van der Waals surface area contributed by atoms with Crippen molar-refractivity contribution in [3.05, 3.63) is 24.0 Å². The maximum Gasteiger partial charge on any atom is 0.356 e. The molecule has 1 aromatic heterocycles. The van der Waals surface area contributed by atoms with Gasteiger partial charge in [-0.25, -0.2) is 9.78 Å². The third-order valence-corrected chi connectivity index (χ3v) is 3.79. The van der Waals surface area contributed by atoms with Gasteiger partial charge in [-0.15, -0.1) is 0 Å². The largest absolute Gasteiger partial charge is 0.476 e. The van der Waals surface area contributed by atoms with Crippen LogP contribution in [0.4, 0.5) is 5.69 Å². The van der Waals surface area contributed by atoms with E-state index in [0.29, 0.717) is 11.7 Å². The number of aromatic nitrogens is 1. The first-order valence-corrected chi connectivity index (χ1v) is 6.65. The molecule has 1 aromatic rings. The van der Waals surface area contributed by atoms with E-state index in [9.17, 15) is 4.79 Å². The van der Waals surface area contributed by atoms with Crippen molar-refractivity contribution in [1.29, 1.82) is 0 Å². The van der Waals surface area contributed by atoms with Crippen molar-refractivity contribution in [2.75, 3.05) is 5.32 Å². The molecule has 0 radical (unpaired) electrons. The zero-order valence-electron chi connectivity index (χ0n) is 10.7. The zero-order chi connectivity index (χ0) is 13.0. The monoisotopic (exact) mass is 248 g/mol. The average Bonchev–Trinajstić information content (AvgIpc) is 2.40. The van der Waals surface area contributed by atoms with E-state index in [-0.39, 0.29) is 5.69 Å². The molecule has 4 heteroatoms. The molecule has 1 aliphatic carbocycles. The summed E-state index contributed by atoms with van der Waals surface area (Å²) in [5.74, 6) is -0.128. The van der Waals surface area contributed by atoms with Gasteiger partial charge in [0.25, 0.3) is 0 Å². The number of hydrogen-bond acceptors (Lipinski definition) is 3. The number of rotatable bonds is 4. The molecule has 98 valence electrons. The molecule has 1 fully saturated rings. The van der Waals surface area contributed by atoms with Crippen LogP contribution in [0.2, 0.25) is 0 Å². The van der Waals surface area contributed by atoms with Gasteiger partial charge in [-0.3, -0.25) is 0 Å². The number of pyridine rings is 1. The molecule has 0 saturated heterocycles. The lowest BCUT2D eigenvalue weighted by molar-refractivity contribution is 0.0691. The molecule has 0 aromatic carbocycles. The predicted molar refractivity (Wildman–Crippen MR) is 70.9 cm³/mol. The number of hydrogen-bond donors (Lipinski definition) is 2. The summed E-state index contributed by atoms with van der Waals surface area (Å²) in [6, 6.07) is 3.95. The van der Waals surface area contributed by atoms with Crippen LogP contribution >= 0.6 is 0 Å². The second-order valence-electron chi connectivity index (χ2n) is 4.97. The molecule has 0 spiro atoms. The Balaban J connectivity index is 2.00. The molecule has 0 bridgehead atoms.